The molecule has 0 aromatic carbocycles. The second-order valence-corrected chi connectivity index (χ2v) is 9.97. The van der Waals surface area contributed by atoms with Crippen molar-refractivity contribution in [2.45, 2.75) is 25.7 Å². The van der Waals surface area contributed by atoms with Crippen LogP contribution in [0.2, 0.25) is 0 Å². The van der Waals surface area contributed by atoms with Gasteiger partial charge in [0.15, 0.2) is 0 Å². The molecule has 1 rings (SSSR count). The number of likely N-dealkylation sites (N-methyl/N-ethyl adjacent to an activating group) is 2. The van der Waals surface area contributed by atoms with E-state index < -0.39 is 31.7 Å². The van der Waals surface area contributed by atoms with Crippen LogP contribution in [0.3, 0.4) is 0 Å². The molecule has 1 aliphatic heterocycles. The van der Waals surface area contributed by atoms with Crippen molar-refractivity contribution < 1.29 is 41.1 Å². The molecule has 11 heteroatoms. The Morgan fingerprint density at radius 3 is 1.50 bits per heavy atom. The zero-order valence-electron chi connectivity index (χ0n) is 15.2. The molecular formula is C13H28N2O7S2+2. The average molecular weight is 389 g/mol. The molecule has 2 atom stereocenters. The van der Waals surface area contributed by atoms with Gasteiger partial charge in [-0.3, -0.25) is 0 Å². The molecule has 0 saturated carbocycles. The van der Waals surface area contributed by atoms with Gasteiger partial charge in [-0.1, -0.05) is 0 Å². The Hall–Kier alpha value is -0.590. The highest BCUT2D eigenvalue weighted by atomic mass is 32.2. The zero-order valence-corrected chi connectivity index (χ0v) is 15.8. The number of quaternary nitrogens is 2. The van der Waals surface area contributed by atoms with E-state index >= 15 is 0 Å². The van der Waals surface area contributed by atoms with Crippen LogP contribution >= 0.6 is 0 Å². The number of rotatable bonds is 10. The zero-order chi connectivity index (χ0) is 18.6. The van der Waals surface area contributed by atoms with Crippen LogP contribution < -0.4 is 0 Å². The summed E-state index contributed by atoms with van der Waals surface area (Å²) in [5, 5.41) is 0. The fraction of sp³-hybridized carbons (Fsp3) is 0.923. The highest BCUT2D eigenvalue weighted by Gasteiger charge is 2.60. The second kappa shape index (κ2) is 7.75. The van der Waals surface area contributed by atoms with E-state index in [4.69, 9.17) is 0 Å². The molecule has 0 spiro atoms. The maximum atomic E-state index is 10.6. The molecule has 0 aliphatic carbocycles. The van der Waals surface area contributed by atoms with Crippen molar-refractivity contribution in [2.75, 3.05) is 51.8 Å². The molecule has 0 radical (unpaired) electrons. The Balaban J connectivity index is 0.00000576. The van der Waals surface area contributed by atoms with Crippen molar-refractivity contribution >= 4 is 26.3 Å². The first-order chi connectivity index (χ1) is 10.8. The molecule has 24 heavy (non-hydrogen) atoms. The fourth-order valence-corrected chi connectivity index (χ4v) is 4.24. The molecule has 9 nitrogen and oxygen atoms in total. The SMILES string of the molecule is C[N+]1(CCCCS(=O)(=O)[O-])CC[N+](C)(CCCCS(=O)(=O)[O-])C1=[OH+].[H+]. The van der Waals surface area contributed by atoms with E-state index in [-0.39, 0.29) is 29.3 Å². The van der Waals surface area contributed by atoms with Gasteiger partial charge in [0, 0.05) is 11.5 Å². The summed E-state index contributed by atoms with van der Waals surface area (Å²) in [6, 6.07) is 0.241. The monoisotopic (exact) mass is 388 g/mol. The fourth-order valence-electron chi connectivity index (χ4n) is 3.13. The number of nitrogens with zero attached hydrogens (tertiary/aromatic N) is 2. The maximum absolute atomic E-state index is 10.6. The van der Waals surface area contributed by atoms with Gasteiger partial charge in [-0.2, -0.15) is 13.8 Å². The minimum absolute atomic E-state index is 0. The number of hydrogen-bond donors (Lipinski definition) is 0. The van der Waals surface area contributed by atoms with Crippen molar-refractivity contribution in [3.8, 4) is 0 Å². The Labute approximate surface area is 145 Å². The predicted molar refractivity (Wildman–Crippen MR) is 87.5 cm³/mol. The minimum atomic E-state index is -4.21. The number of carbonyl (C=O) groups excluding carboxylic acids is 1. The standard InChI is InChI=1S/C13H26N2O7S2/c1-14(7-3-5-11-23(17,18)19)9-10-15(2,13(14)16)8-4-6-12-24(20,21)22/h3-12H2,1-2H3/p+2. The van der Waals surface area contributed by atoms with E-state index in [1.54, 1.807) is 0 Å². The first kappa shape index (κ1) is 21.5. The lowest BCUT2D eigenvalue weighted by atomic mass is 10.3. The van der Waals surface area contributed by atoms with Gasteiger partial charge in [0.25, 0.3) is 0 Å². The van der Waals surface area contributed by atoms with Crippen molar-refractivity contribution in [3.63, 3.8) is 0 Å². The van der Waals surface area contributed by atoms with Gasteiger partial charge in [-0.15, -0.1) is 0 Å². The highest BCUT2D eigenvalue weighted by molar-refractivity contribution is 7.85. The summed E-state index contributed by atoms with van der Waals surface area (Å²) in [6.07, 6.45) is 1.54. The van der Waals surface area contributed by atoms with Crippen molar-refractivity contribution in [2.24, 2.45) is 0 Å². The number of hydrogen-bond acceptors (Lipinski definition) is 6. The summed E-state index contributed by atoms with van der Waals surface area (Å²) in [5.41, 5.74) is 0. The van der Waals surface area contributed by atoms with Crippen LogP contribution in [0.4, 0.5) is 0 Å². The average Bonchev–Trinajstić information content (AvgIpc) is 2.64. The third-order valence-electron chi connectivity index (χ3n) is 4.64. The summed E-state index contributed by atoms with van der Waals surface area (Å²) >= 11 is 0. The van der Waals surface area contributed by atoms with Crippen LogP contribution in [0.15, 0.2) is 0 Å². The molecular weight excluding hydrogens is 360 g/mol. The van der Waals surface area contributed by atoms with E-state index in [1.807, 2.05) is 14.1 Å². The first-order valence-corrected chi connectivity index (χ1v) is 11.1. The lowest BCUT2D eigenvalue weighted by Crippen LogP contribution is -2.56. The number of unbranched alkanes of at least 4 members (excludes halogenated alkanes) is 2. The van der Waals surface area contributed by atoms with E-state index in [2.05, 4.69) is 0 Å². The normalized spacial score (nSPS) is 28.4. The Bertz CT molecular complexity index is 612. The smallest absolute Gasteiger partial charge is 0.748 e. The molecule has 1 heterocycles. The minimum Gasteiger partial charge on any atom is -0.748 e. The molecule has 1 aliphatic rings. The van der Waals surface area contributed by atoms with Gasteiger partial charge in [0.1, 0.15) is 13.1 Å². The van der Waals surface area contributed by atoms with Crippen LogP contribution in [0, 0.1) is 0 Å². The van der Waals surface area contributed by atoms with E-state index in [1.165, 1.54) is 0 Å². The number of amides is 2. The number of urea groups is 1. The van der Waals surface area contributed by atoms with Crippen molar-refractivity contribution in [1.29, 1.82) is 0 Å². The third kappa shape index (κ3) is 6.73. The topological polar surface area (TPSA) is 136 Å². The summed E-state index contributed by atoms with van der Waals surface area (Å²) in [7, 11) is -4.71. The molecule has 2 unspecified atom stereocenters. The first-order valence-electron chi connectivity index (χ1n) is 7.91. The predicted octanol–water partition coefficient (Wildman–Crippen LogP) is -0.884. The van der Waals surface area contributed by atoms with Gasteiger partial charge in [0.05, 0.1) is 47.4 Å². The largest absolute Gasteiger partial charge is 1.00 e. The summed E-state index contributed by atoms with van der Waals surface area (Å²) in [6.45, 7) is 2.41. The molecule has 142 valence electrons. The Morgan fingerprint density at radius 2 is 1.21 bits per heavy atom. The maximum Gasteiger partial charge on any atom is 1.00 e. The second-order valence-electron chi connectivity index (χ2n) is 6.92. The molecule has 1 fully saturated rings. The molecule has 2 amide bonds. The summed E-state index contributed by atoms with van der Waals surface area (Å²) in [4.78, 5) is 10.6. The summed E-state index contributed by atoms with van der Waals surface area (Å²) < 4.78 is 64.2. The molecule has 0 bridgehead atoms. The quantitative estimate of drug-likeness (QED) is 0.206. The lowest BCUT2D eigenvalue weighted by molar-refractivity contribution is -0.887. The third-order valence-corrected chi connectivity index (χ3v) is 6.22. The van der Waals surface area contributed by atoms with Crippen LogP contribution in [0.1, 0.15) is 27.1 Å². The van der Waals surface area contributed by atoms with Gasteiger partial charge in [-0.25, -0.2) is 16.8 Å². The van der Waals surface area contributed by atoms with Crippen LogP contribution in [-0.4, -0.2) is 97.5 Å². The van der Waals surface area contributed by atoms with Crippen molar-refractivity contribution in [3.05, 3.63) is 0 Å². The van der Waals surface area contributed by atoms with Crippen LogP contribution in [-0.2, 0) is 20.2 Å². The molecule has 0 aromatic heterocycles. The Kier molecular flexibility index (Phi) is 6.93. The van der Waals surface area contributed by atoms with E-state index in [9.17, 15) is 30.7 Å². The molecule has 1 N–H and O–H groups in total. The van der Waals surface area contributed by atoms with Gasteiger partial charge < -0.3 is 9.11 Å². The van der Waals surface area contributed by atoms with E-state index in [0.29, 0.717) is 39.0 Å². The van der Waals surface area contributed by atoms with Crippen LogP contribution in [0.25, 0.3) is 0 Å². The van der Waals surface area contributed by atoms with Gasteiger partial charge in [0.2, 0.25) is 0 Å². The Morgan fingerprint density at radius 1 is 0.875 bits per heavy atom. The van der Waals surface area contributed by atoms with Gasteiger partial charge >= 0.3 is 7.46 Å². The van der Waals surface area contributed by atoms with E-state index in [0.717, 1.165) is 0 Å². The summed E-state index contributed by atoms with van der Waals surface area (Å²) in [5.74, 6) is -0.798. The molecule has 1 saturated heterocycles. The molecule has 0 aromatic rings. The highest BCUT2D eigenvalue weighted by Crippen LogP contribution is 2.23. The van der Waals surface area contributed by atoms with Crippen LogP contribution in [0.5, 0.6) is 0 Å². The lowest BCUT2D eigenvalue weighted by Gasteiger charge is -2.23. The van der Waals surface area contributed by atoms with Gasteiger partial charge in [-0.05, 0) is 25.7 Å². The van der Waals surface area contributed by atoms with Crippen molar-refractivity contribution in [1.82, 2.24) is 0 Å².